The number of nitrogens with two attached hydrogens (primary N) is 1. The zero-order valence-corrected chi connectivity index (χ0v) is 41.2. The van der Waals surface area contributed by atoms with Crippen LogP contribution in [0.1, 0.15) is 153 Å². The van der Waals surface area contributed by atoms with E-state index >= 15 is 0 Å². The first-order valence-electron chi connectivity index (χ1n) is 25.7. The zero-order valence-electron chi connectivity index (χ0n) is 39.6. The Hall–Kier alpha value is -2.68. The van der Waals surface area contributed by atoms with E-state index in [1.54, 1.807) is 6.07 Å². The molecule has 10 N–H and O–H groups in total. The molecule has 0 radical (unpaired) electrons. The zero-order chi connectivity index (χ0) is 46.9. The topological polar surface area (TPSA) is 211 Å². The molecule has 3 aliphatic heterocycles. The summed E-state index contributed by atoms with van der Waals surface area (Å²) in [5.74, 6) is 8.37. The van der Waals surface area contributed by atoms with Gasteiger partial charge in [0, 0.05) is 67.3 Å². The van der Waals surface area contributed by atoms with Gasteiger partial charge in [0.05, 0.1) is 29.2 Å². The Morgan fingerprint density at radius 1 is 0.985 bits per heavy atom. The van der Waals surface area contributed by atoms with Crippen molar-refractivity contribution in [2.75, 3.05) is 31.1 Å². The largest absolute Gasteiger partial charge is 0.504 e. The van der Waals surface area contributed by atoms with Crippen LogP contribution in [0.5, 0.6) is 11.5 Å². The molecule has 5 aliphatic carbocycles. The lowest BCUT2D eigenvalue weighted by atomic mass is 9.53. The lowest BCUT2D eigenvalue weighted by molar-refractivity contribution is -0.152. The SMILES string of the molecule is CC(=O)O[C@H]1C[C@@H](O)CC[C@@]23C#C[C@@H]4CCC[C@]5(CNCCSSC[C@@]6(CC7(CCCC7)CCC67CCCC7)NC(N)=N[C@@H]2C=CC[C@H]3O)C[C@@H](CCN5)Oc2cc(c(C(O)O)cc2O)C[C@@H]41. The summed E-state index contributed by atoms with van der Waals surface area (Å²) in [6.45, 7) is 3.66. The smallest absolute Gasteiger partial charge is 0.302 e. The summed E-state index contributed by atoms with van der Waals surface area (Å²) in [4.78, 5) is 18.4. The molecule has 8 aliphatic rings. The highest BCUT2D eigenvalue weighted by atomic mass is 33.1. The van der Waals surface area contributed by atoms with Crippen LogP contribution in [0.3, 0.4) is 0 Å². The van der Waals surface area contributed by atoms with Crippen LogP contribution in [-0.4, -0.2) is 110 Å². The number of aliphatic imine (C=N–C) groups is 1. The van der Waals surface area contributed by atoms with E-state index in [4.69, 9.17) is 20.2 Å². The summed E-state index contributed by atoms with van der Waals surface area (Å²) in [5.41, 5.74) is 6.69. The molecule has 67 heavy (non-hydrogen) atoms. The van der Waals surface area contributed by atoms with Gasteiger partial charge in [-0.3, -0.25) is 4.79 Å². The van der Waals surface area contributed by atoms with Crippen LogP contribution in [0.25, 0.3) is 0 Å². The molecule has 3 heterocycles. The molecule has 370 valence electrons. The van der Waals surface area contributed by atoms with Gasteiger partial charge < -0.3 is 56.7 Å². The maximum absolute atomic E-state index is 13.0. The van der Waals surface area contributed by atoms with Crippen molar-refractivity contribution in [1.29, 1.82) is 0 Å². The monoisotopic (exact) mass is 964 g/mol. The van der Waals surface area contributed by atoms with Gasteiger partial charge in [-0.05, 0) is 125 Å². The predicted molar refractivity (Wildman–Crippen MR) is 264 cm³/mol. The van der Waals surface area contributed by atoms with Crippen molar-refractivity contribution >= 4 is 33.5 Å². The number of phenols is 1. The second-order valence-electron chi connectivity index (χ2n) is 22.1. The van der Waals surface area contributed by atoms with Gasteiger partial charge in [-0.25, -0.2) is 4.99 Å². The standard InChI is InChI=1S/C52H77N5O8S2/c1-34(58)64-42-28-37(59)12-20-51-19-11-35-8-7-18-50(30-38(13-23-55-50)65-43-27-36(26-39(35)42)40(46(62)63)29-41(43)60)32-54-24-25-66-67-33-52(57-47(53)56-44(51)9-6-10-45(51)61)31-48(14-2-3-15-48)21-22-49(52)16-4-5-17-49/h6,9,27,29,35,37-39,42,44-46,54-55,59-63H,2-5,7-8,10,12-18,20-26,28,30-33H2,1H3,(H3,53,56,57)/t35-,37-,38+,39-,42-,44+,45+,50+,51-,52+/m0/s1. The number of carbonyl (C=O) groups is 1. The molecule has 6 bridgehead atoms. The number of esters is 1. The number of guanidine groups is 1. The Kier molecular flexibility index (Phi) is 15.1. The highest BCUT2D eigenvalue weighted by molar-refractivity contribution is 8.76. The molecule has 0 unspecified atom stereocenters. The van der Waals surface area contributed by atoms with E-state index in [1.807, 2.05) is 27.7 Å². The highest BCUT2D eigenvalue weighted by Crippen LogP contribution is 2.63. The number of nitrogens with zero attached hydrogens (tertiary/aromatic N) is 1. The molecule has 15 heteroatoms. The second kappa shape index (κ2) is 20.6. The van der Waals surface area contributed by atoms with Gasteiger partial charge in [-0.1, -0.05) is 77.7 Å². The van der Waals surface area contributed by atoms with Crippen LogP contribution >= 0.6 is 21.6 Å². The number of hydrogen-bond acceptors (Lipinski definition) is 15. The lowest BCUT2D eigenvalue weighted by Crippen LogP contribution is -2.66. The Bertz CT molecular complexity index is 2050. The lowest BCUT2D eigenvalue weighted by Gasteiger charge is -2.58. The van der Waals surface area contributed by atoms with Crippen molar-refractivity contribution in [3.63, 3.8) is 0 Å². The Morgan fingerprint density at radius 2 is 1.79 bits per heavy atom. The fourth-order valence-corrected chi connectivity index (χ4v) is 17.0. The van der Waals surface area contributed by atoms with Gasteiger partial charge in [0.25, 0.3) is 0 Å². The fourth-order valence-electron chi connectivity index (χ4n) is 14.4. The van der Waals surface area contributed by atoms with Crippen LogP contribution in [0, 0.1) is 39.9 Å². The number of piperidine rings is 1. The minimum Gasteiger partial charge on any atom is -0.504 e. The molecule has 5 spiro atoms. The average molecular weight is 964 g/mol. The van der Waals surface area contributed by atoms with Crippen LogP contribution in [-0.2, 0) is 16.0 Å². The number of nitrogens with one attached hydrogen (secondary N) is 3. The highest BCUT2D eigenvalue weighted by Gasteiger charge is 2.60. The summed E-state index contributed by atoms with van der Waals surface area (Å²) < 4.78 is 12.8. The minimum absolute atomic E-state index is 0.119. The number of ether oxygens (including phenoxy) is 2. The molecule has 0 aromatic heterocycles. The summed E-state index contributed by atoms with van der Waals surface area (Å²) in [6, 6.07) is 2.47. The number of fused-ring (bicyclic) bond motifs is 6. The normalized spacial score (nSPS) is 37.9. The number of aromatic hydroxyl groups is 1. The van der Waals surface area contributed by atoms with E-state index in [-0.39, 0.29) is 58.9 Å². The van der Waals surface area contributed by atoms with Crippen molar-refractivity contribution in [2.24, 2.45) is 38.8 Å². The third-order valence-corrected chi connectivity index (χ3v) is 20.4. The number of hydrogen-bond donors (Lipinski definition) is 9. The number of benzene rings is 1. The molecule has 4 fully saturated rings. The molecular formula is C52H77N5O8S2. The maximum Gasteiger partial charge on any atom is 0.302 e. The predicted octanol–water partition coefficient (Wildman–Crippen LogP) is 6.29. The van der Waals surface area contributed by atoms with E-state index in [2.05, 4.69) is 33.9 Å². The molecule has 0 amide bonds. The first-order valence-corrected chi connectivity index (χ1v) is 28.2. The van der Waals surface area contributed by atoms with Gasteiger partial charge in [-0.2, -0.15) is 0 Å². The number of phenolic OH excluding ortho intramolecular Hbond substituents is 1. The maximum atomic E-state index is 13.0. The number of aliphatic hydroxyl groups excluding tert-OH is 3. The number of aliphatic hydroxyl groups is 4. The third-order valence-electron chi connectivity index (χ3n) is 17.9. The van der Waals surface area contributed by atoms with Gasteiger partial charge in [0.15, 0.2) is 23.7 Å². The van der Waals surface area contributed by atoms with Crippen molar-refractivity contribution < 1.29 is 39.8 Å². The second-order valence-corrected chi connectivity index (χ2v) is 24.6. The molecule has 9 rings (SSSR count). The van der Waals surface area contributed by atoms with E-state index in [1.165, 1.54) is 77.2 Å². The Morgan fingerprint density at radius 3 is 2.58 bits per heavy atom. The minimum atomic E-state index is -1.90. The van der Waals surface area contributed by atoms with Gasteiger partial charge in [-0.15, -0.1) is 0 Å². The van der Waals surface area contributed by atoms with E-state index in [9.17, 15) is 30.3 Å². The summed E-state index contributed by atoms with van der Waals surface area (Å²) >= 11 is 0. The molecule has 3 saturated carbocycles. The van der Waals surface area contributed by atoms with Crippen LogP contribution < -0.4 is 26.4 Å². The van der Waals surface area contributed by atoms with Gasteiger partial charge in [0.1, 0.15) is 12.2 Å². The van der Waals surface area contributed by atoms with E-state index in [0.29, 0.717) is 42.6 Å². The van der Waals surface area contributed by atoms with E-state index < -0.39 is 53.9 Å². The fraction of sp³-hybridized carbons (Fsp3) is 0.769. The summed E-state index contributed by atoms with van der Waals surface area (Å²) in [5, 5.41) is 69.0. The van der Waals surface area contributed by atoms with Crippen molar-refractivity contribution in [2.45, 2.75) is 190 Å². The first kappa shape index (κ1) is 49.3. The van der Waals surface area contributed by atoms with Gasteiger partial charge >= 0.3 is 5.97 Å². The molecule has 1 saturated heterocycles. The molecule has 1 aromatic rings. The van der Waals surface area contributed by atoms with Crippen LogP contribution in [0.2, 0.25) is 0 Å². The van der Waals surface area contributed by atoms with Gasteiger partial charge in [0.2, 0.25) is 0 Å². The Labute approximate surface area is 405 Å². The first-order chi connectivity index (χ1) is 32.3. The number of carbonyl (C=O) groups excluding carboxylic acids is 1. The van der Waals surface area contributed by atoms with Crippen molar-refractivity contribution in [3.8, 4) is 23.3 Å². The number of rotatable bonds is 2. The van der Waals surface area contributed by atoms with Crippen LogP contribution in [0.4, 0.5) is 0 Å². The van der Waals surface area contributed by atoms with Crippen molar-refractivity contribution in [1.82, 2.24) is 16.0 Å². The summed E-state index contributed by atoms with van der Waals surface area (Å²) in [7, 11) is 3.91. The molecular weight excluding hydrogens is 887 g/mol. The summed E-state index contributed by atoms with van der Waals surface area (Å²) in [6.07, 6.45) is 17.8. The molecule has 1 aromatic carbocycles. The third kappa shape index (κ3) is 10.4. The quantitative estimate of drug-likeness (QED) is 0.0525. The average Bonchev–Trinajstić information content (AvgIpc) is 3.96. The van der Waals surface area contributed by atoms with E-state index in [0.717, 1.165) is 56.8 Å². The Balaban J connectivity index is 1.19. The van der Waals surface area contributed by atoms with Crippen molar-refractivity contribution in [3.05, 3.63) is 35.4 Å². The molecule has 10 atom stereocenters. The van der Waals surface area contributed by atoms with Crippen LogP contribution in [0.15, 0.2) is 29.3 Å². The molecule has 13 nitrogen and oxygen atoms in total.